The third kappa shape index (κ3) is 3.86. The monoisotopic (exact) mass is 296 g/mol. The lowest BCUT2D eigenvalue weighted by molar-refractivity contribution is 0.0946. The van der Waals surface area contributed by atoms with Crippen molar-refractivity contribution in [3.8, 4) is 9.88 Å². The van der Waals surface area contributed by atoms with Crippen molar-refractivity contribution in [3.63, 3.8) is 0 Å². The molecule has 2 heterocycles. The topological polar surface area (TPSA) is 62.2 Å². The first-order valence-corrected chi connectivity index (χ1v) is 7.86. The van der Waals surface area contributed by atoms with Crippen molar-refractivity contribution in [3.05, 3.63) is 28.6 Å². The Labute approximate surface area is 120 Å². The number of aliphatic hydroxyl groups excluding tert-OH is 1. The number of thiophene rings is 1. The molecule has 0 spiro atoms. The van der Waals surface area contributed by atoms with Crippen LogP contribution in [-0.2, 0) is 0 Å². The molecule has 4 nitrogen and oxygen atoms in total. The zero-order chi connectivity index (χ0) is 13.7. The number of hydrogen-bond donors (Lipinski definition) is 2. The molecule has 0 aromatic carbocycles. The van der Waals surface area contributed by atoms with Crippen LogP contribution in [0.3, 0.4) is 0 Å². The Morgan fingerprint density at radius 1 is 1.58 bits per heavy atom. The summed E-state index contributed by atoms with van der Waals surface area (Å²) < 4.78 is 0. The summed E-state index contributed by atoms with van der Waals surface area (Å²) in [5, 5.41) is 15.1. The molecule has 0 saturated heterocycles. The Bertz CT molecular complexity index is 522. The van der Waals surface area contributed by atoms with Crippen LogP contribution in [0, 0.1) is 0 Å². The van der Waals surface area contributed by atoms with Crippen LogP contribution < -0.4 is 5.32 Å². The van der Waals surface area contributed by atoms with Gasteiger partial charge in [0.1, 0.15) is 9.88 Å². The molecule has 2 rings (SSSR count). The molecule has 2 N–H and O–H groups in total. The van der Waals surface area contributed by atoms with E-state index in [4.69, 9.17) is 0 Å². The number of rotatable bonds is 6. The highest BCUT2D eigenvalue weighted by molar-refractivity contribution is 7.21. The first-order valence-electron chi connectivity index (χ1n) is 6.16. The van der Waals surface area contributed by atoms with Crippen LogP contribution in [0.1, 0.15) is 29.4 Å². The average molecular weight is 296 g/mol. The van der Waals surface area contributed by atoms with Gasteiger partial charge in [-0.05, 0) is 24.3 Å². The number of hydrogen-bond acceptors (Lipinski definition) is 5. The van der Waals surface area contributed by atoms with E-state index in [1.165, 1.54) is 11.3 Å². The highest BCUT2D eigenvalue weighted by Crippen LogP contribution is 2.28. The fraction of sp³-hybridized carbons (Fsp3) is 0.385. The van der Waals surface area contributed by atoms with Gasteiger partial charge in [-0.15, -0.1) is 22.7 Å². The normalized spacial score (nSPS) is 12.3. The predicted molar refractivity (Wildman–Crippen MR) is 78.7 cm³/mol. The first kappa shape index (κ1) is 14.2. The lowest BCUT2D eigenvalue weighted by atomic mass is 10.2. The highest BCUT2D eigenvalue weighted by atomic mass is 32.1. The molecule has 0 aliphatic rings. The minimum absolute atomic E-state index is 0.122. The van der Waals surface area contributed by atoms with Crippen molar-refractivity contribution in [1.29, 1.82) is 0 Å². The minimum atomic E-state index is -0.344. The van der Waals surface area contributed by atoms with E-state index in [-0.39, 0.29) is 12.0 Å². The molecule has 0 fully saturated rings. The largest absolute Gasteiger partial charge is 0.393 e. The molecular formula is C13H16N2O2S2. The van der Waals surface area contributed by atoms with Gasteiger partial charge in [0.15, 0.2) is 0 Å². The molecule has 0 radical (unpaired) electrons. The Balaban J connectivity index is 1.90. The Morgan fingerprint density at radius 3 is 3.11 bits per heavy atom. The molecule has 1 atom stereocenters. The van der Waals surface area contributed by atoms with Gasteiger partial charge in [0, 0.05) is 6.54 Å². The number of nitrogens with one attached hydrogen (secondary N) is 1. The lowest BCUT2D eigenvalue weighted by Gasteiger charge is -2.07. The number of aromatic nitrogens is 1. The summed E-state index contributed by atoms with van der Waals surface area (Å²) >= 11 is 3.00. The molecule has 6 heteroatoms. The first-order chi connectivity index (χ1) is 9.20. The summed E-state index contributed by atoms with van der Waals surface area (Å²) in [6, 6.07) is 3.95. The average Bonchev–Trinajstić information content (AvgIpc) is 3.08. The fourth-order valence-corrected chi connectivity index (χ4v) is 3.17. The third-order valence-electron chi connectivity index (χ3n) is 2.70. The number of nitrogens with zero attached hydrogens (tertiary/aromatic N) is 1. The van der Waals surface area contributed by atoms with Crippen molar-refractivity contribution in [2.75, 3.05) is 6.54 Å². The second kappa shape index (κ2) is 6.79. The van der Waals surface area contributed by atoms with Crippen molar-refractivity contribution < 1.29 is 9.90 Å². The number of carbonyl (C=O) groups is 1. The smallest absolute Gasteiger partial charge is 0.263 e. The zero-order valence-corrected chi connectivity index (χ0v) is 12.3. The van der Waals surface area contributed by atoms with E-state index in [1.807, 2.05) is 24.4 Å². The van der Waals surface area contributed by atoms with E-state index >= 15 is 0 Å². The second-order valence-corrected chi connectivity index (χ2v) is 6.09. The summed E-state index contributed by atoms with van der Waals surface area (Å²) in [7, 11) is 0. The molecule has 102 valence electrons. The minimum Gasteiger partial charge on any atom is -0.393 e. The second-order valence-electron chi connectivity index (χ2n) is 4.11. The summed E-state index contributed by atoms with van der Waals surface area (Å²) in [5.41, 5.74) is 0. The fourth-order valence-electron chi connectivity index (χ4n) is 1.54. The van der Waals surface area contributed by atoms with Crippen LogP contribution in [0.2, 0.25) is 0 Å². The van der Waals surface area contributed by atoms with Gasteiger partial charge in [-0.3, -0.25) is 4.79 Å². The zero-order valence-electron chi connectivity index (χ0n) is 10.6. The van der Waals surface area contributed by atoms with Crippen LogP contribution >= 0.6 is 22.7 Å². The van der Waals surface area contributed by atoms with Crippen molar-refractivity contribution in [2.24, 2.45) is 0 Å². The van der Waals surface area contributed by atoms with E-state index in [1.54, 1.807) is 17.5 Å². The summed E-state index contributed by atoms with van der Waals surface area (Å²) in [4.78, 5) is 17.8. The van der Waals surface area contributed by atoms with E-state index in [0.29, 0.717) is 24.3 Å². The van der Waals surface area contributed by atoms with Crippen LogP contribution in [0.4, 0.5) is 0 Å². The van der Waals surface area contributed by atoms with Gasteiger partial charge < -0.3 is 10.4 Å². The van der Waals surface area contributed by atoms with Gasteiger partial charge in [-0.2, -0.15) is 0 Å². The quantitative estimate of drug-likeness (QED) is 0.861. The van der Waals surface area contributed by atoms with Crippen molar-refractivity contribution in [2.45, 2.75) is 25.9 Å². The number of amides is 1. The third-order valence-corrected chi connectivity index (χ3v) is 4.73. The number of aliphatic hydroxyl groups is 1. The molecule has 2 aromatic rings. The molecule has 0 bridgehead atoms. The van der Waals surface area contributed by atoms with Gasteiger partial charge in [-0.1, -0.05) is 13.0 Å². The Morgan fingerprint density at radius 2 is 2.42 bits per heavy atom. The van der Waals surface area contributed by atoms with Crippen LogP contribution in [-0.4, -0.2) is 28.6 Å². The standard InChI is InChI=1S/C13H16N2O2S2/c1-2-9(16)5-6-14-12(17)11-8-15-13(19-11)10-4-3-7-18-10/h3-4,7-9,16H,2,5-6H2,1H3,(H,14,17). The lowest BCUT2D eigenvalue weighted by Crippen LogP contribution is -2.26. The Hall–Kier alpha value is -1.24. The van der Waals surface area contributed by atoms with Crippen molar-refractivity contribution >= 4 is 28.6 Å². The molecular weight excluding hydrogens is 280 g/mol. The van der Waals surface area contributed by atoms with E-state index < -0.39 is 0 Å². The van der Waals surface area contributed by atoms with E-state index in [9.17, 15) is 9.90 Å². The summed E-state index contributed by atoms with van der Waals surface area (Å²) in [6.07, 6.45) is 2.55. The molecule has 1 amide bonds. The van der Waals surface area contributed by atoms with Crippen molar-refractivity contribution in [1.82, 2.24) is 10.3 Å². The van der Waals surface area contributed by atoms with Crippen LogP contribution in [0.5, 0.6) is 0 Å². The molecule has 1 unspecified atom stereocenters. The molecule has 0 aliphatic carbocycles. The SMILES string of the molecule is CCC(O)CCNC(=O)c1cnc(-c2cccs2)s1. The maximum Gasteiger partial charge on any atom is 0.263 e. The van der Waals surface area contributed by atoms with Crippen LogP contribution in [0.15, 0.2) is 23.7 Å². The number of thiazole rings is 1. The van der Waals surface area contributed by atoms with Gasteiger partial charge in [0.2, 0.25) is 0 Å². The number of carbonyl (C=O) groups excluding carboxylic acids is 1. The van der Waals surface area contributed by atoms with E-state index in [0.717, 1.165) is 9.88 Å². The molecule has 2 aromatic heterocycles. The van der Waals surface area contributed by atoms with E-state index in [2.05, 4.69) is 10.3 Å². The van der Waals surface area contributed by atoms with Gasteiger partial charge in [0.05, 0.1) is 17.2 Å². The van der Waals surface area contributed by atoms with Gasteiger partial charge >= 0.3 is 0 Å². The van der Waals surface area contributed by atoms with Crippen LogP contribution in [0.25, 0.3) is 9.88 Å². The molecule has 19 heavy (non-hydrogen) atoms. The summed E-state index contributed by atoms with van der Waals surface area (Å²) in [6.45, 7) is 2.41. The highest BCUT2D eigenvalue weighted by Gasteiger charge is 2.12. The summed E-state index contributed by atoms with van der Waals surface area (Å²) in [5.74, 6) is -0.122. The maximum atomic E-state index is 11.9. The van der Waals surface area contributed by atoms with Gasteiger partial charge in [-0.25, -0.2) is 4.98 Å². The van der Waals surface area contributed by atoms with Gasteiger partial charge in [0.25, 0.3) is 5.91 Å². The maximum absolute atomic E-state index is 11.9. The predicted octanol–water partition coefficient (Wildman–Crippen LogP) is 2.76. The molecule has 0 saturated carbocycles. The Kier molecular flexibility index (Phi) is 5.07. The molecule has 0 aliphatic heterocycles.